The lowest BCUT2D eigenvalue weighted by atomic mass is 9.99. The van der Waals surface area contributed by atoms with Crippen molar-refractivity contribution < 1.29 is 9.90 Å². The van der Waals surface area contributed by atoms with E-state index in [1.807, 2.05) is 18.2 Å². The zero-order valence-corrected chi connectivity index (χ0v) is 9.27. The van der Waals surface area contributed by atoms with Gasteiger partial charge in [-0.1, -0.05) is 19.9 Å². The summed E-state index contributed by atoms with van der Waals surface area (Å²) in [5, 5.41) is 9.79. The summed E-state index contributed by atoms with van der Waals surface area (Å²) in [6.07, 6.45) is 1.53. The molecule has 1 aromatic heterocycles. The highest BCUT2D eigenvalue weighted by atomic mass is 16.4. The van der Waals surface area contributed by atoms with E-state index in [1.165, 1.54) is 12.3 Å². The monoisotopic (exact) mass is 215 g/mol. The minimum Gasteiger partial charge on any atom is -0.478 e. The summed E-state index contributed by atoms with van der Waals surface area (Å²) in [6, 6.07) is 7.31. The summed E-state index contributed by atoms with van der Waals surface area (Å²) in [7, 11) is 0. The summed E-state index contributed by atoms with van der Waals surface area (Å²) in [5.41, 5.74) is 2.17. The molecular formula is C13H13NO2. The van der Waals surface area contributed by atoms with Gasteiger partial charge in [0, 0.05) is 11.6 Å². The highest BCUT2D eigenvalue weighted by Crippen LogP contribution is 2.22. The number of carboxylic acids is 1. The zero-order chi connectivity index (χ0) is 11.7. The van der Waals surface area contributed by atoms with Gasteiger partial charge in [-0.05, 0) is 29.7 Å². The van der Waals surface area contributed by atoms with Gasteiger partial charge < -0.3 is 5.11 Å². The van der Waals surface area contributed by atoms with Crippen LogP contribution in [0.15, 0.2) is 30.5 Å². The average Bonchev–Trinajstić information content (AvgIpc) is 2.27. The molecule has 0 fully saturated rings. The number of nitrogens with zero attached hydrogens (tertiary/aromatic N) is 1. The number of aromatic nitrogens is 1. The molecular weight excluding hydrogens is 202 g/mol. The Bertz CT molecular complexity index is 547. The lowest BCUT2D eigenvalue weighted by molar-refractivity contribution is 0.0699. The largest absolute Gasteiger partial charge is 0.478 e. The van der Waals surface area contributed by atoms with E-state index in [0.717, 1.165) is 11.1 Å². The van der Waals surface area contributed by atoms with Crippen molar-refractivity contribution in [3.63, 3.8) is 0 Å². The van der Waals surface area contributed by atoms with Gasteiger partial charge in [-0.15, -0.1) is 0 Å². The quantitative estimate of drug-likeness (QED) is 0.837. The number of rotatable bonds is 2. The third kappa shape index (κ3) is 1.76. The topological polar surface area (TPSA) is 50.2 Å². The van der Waals surface area contributed by atoms with Crippen molar-refractivity contribution in [1.82, 2.24) is 4.98 Å². The van der Waals surface area contributed by atoms with Crippen molar-refractivity contribution >= 4 is 16.9 Å². The van der Waals surface area contributed by atoms with E-state index in [0.29, 0.717) is 16.9 Å². The van der Waals surface area contributed by atoms with Gasteiger partial charge in [0.1, 0.15) is 0 Å². The van der Waals surface area contributed by atoms with Gasteiger partial charge in [0.15, 0.2) is 0 Å². The highest BCUT2D eigenvalue weighted by Gasteiger charge is 2.10. The van der Waals surface area contributed by atoms with E-state index in [9.17, 15) is 4.79 Å². The summed E-state index contributed by atoms with van der Waals surface area (Å²) in [5.74, 6) is -0.528. The lowest BCUT2D eigenvalue weighted by Gasteiger charge is -2.07. The molecule has 2 rings (SSSR count). The van der Waals surface area contributed by atoms with Gasteiger partial charge >= 0.3 is 5.97 Å². The smallest absolute Gasteiger partial charge is 0.336 e. The zero-order valence-electron chi connectivity index (χ0n) is 9.27. The highest BCUT2D eigenvalue weighted by molar-refractivity contribution is 6.02. The van der Waals surface area contributed by atoms with Gasteiger partial charge in [-0.25, -0.2) is 4.79 Å². The molecule has 0 saturated heterocycles. The van der Waals surface area contributed by atoms with E-state index in [2.05, 4.69) is 18.8 Å². The number of hydrogen-bond acceptors (Lipinski definition) is 2. The van der Waals surface area contributed by atoms with Crippen molar-refractivity contribution in [2.24, 2.45) is 0 Å². The molecule has 0 aliphatic carbocycles. The first-order valence-electron chi connectivity index (χ1n) is 5.21. The molecule has 0 spiro atoms. The van der Waals surface area contributed by atoms with Crippen LogP contribution < -0.4 is 0 Å². The molecule has 3 nitrogen and oxygen atoms in total. The molecule has 0 saturated carbocycles. The van der Waals surface area contributed by atoms with Crippen molar-refractivity contribution in [2.75, 3.05) is 0 Å². The Labute approximate surface area is 93.7 Å². The van der Waals surface area contributed by atoms with Crippen LogP contribution in [-0.4, -0.2) is 16.1 Å². The first-order valence-corrected chi connectivity index (χ1v) is 5.21. The van der Waals surface area contributed by atoms with Gasteiger partial charge in [0.05, 0.1) is 11.1 Å². The van der Waals surface area contributed by atoms with Crippen LogP contribution in [0.2, 0.25) is 0 Å². The Hall–Kier alpha value is -1.90. The maximum absolute atomic E-state index is 11.1. The molecule has 0 bridgehead atoms. The normalized spacial score (nSPS) is 10.9. The minimum atomic E-state index is -0.909. The predicted molar refractivity (Wildman–Crippen MR) is 62.8 cm³/mol. The van der Waals surface area contributed by atoms with Crippen LogP contribution in [0, 0.1) is 0 Å². The van der Waals surface area contributed by atoms with E-state index in [4.69, 9.17) is 5.11 Å². The number of carboxylic acid groups (broad SMARTS) is 1. The molecule has 16 heavy (non-hydrogen) atoms. The van der Waals surface area contributed by atoms with Crippen LogP contribution in [-0.2, 0) is 0 Å². The van der Waals surface area contributed by atoms with Crippen LogP contribution in [0.25, 0.3) is 10.9 Å². The molecule has 0 aliphatic heterocycles. The molecule has 2 aromatic rings. The Morgan fingerprint density at radius 2 is 2.06 bits per heavy atom. The fourth-order valence-corrected chi connectivity index (χ4v) is 1.71. The molecule has 1 N–H and O–H groups in total. The number of fused-ring (bicyclic) bond motifs is 1. The summed E-state index contributed by atoms with van der Waals surface area (Å²) < 4.78 is 0. The maximum atomic E-state index is 11.1. The van der Waals surface area contributed by atoms with Gasteiger partial charge in [0.2, 0.25) is 0 Å². The average molecular weight is 215 g/mol. The van der Waals surface area contributed by atoms with Crippen molar-refractivity contribution in [1.29, 1.82) is 0 Å². The first-order chi connectivity index (χ1) is 7.59. The number of hydrogen-bond donors (Lipinski definition) is 1. The molecule has 0 radical (unpaired) electrons. The van der Waals surface area contributed by atoms with Gasteiger partial charge in [0.25, 0.3) is 0 Å². The van der Waals surface area contributed by atoms with Crippen LogP contribution in [0.3, 0.4) is 0 Å². The fourth-order valence-electron chi connectivity index (χ4n) is 1.71. The van der Waals surface area contributed by atoms with E-state index >= 15 is 0 Å². The van der Waals surface area contributed by atoms with Gasteiger partial charge in [-0.2, -0.15) is 0 Å². The number of pyridine rings is 1. The van der Waals surface area contributed by atoms with Crippen LogP contribution in [0.1, 0.15) is 35.7 Å². The molecule has 0 aliphatic rings. The molecule has 3 heteroatoms. The summed E-state index contributed by atoms with van der Waals surface area (Å²) >= 11 is 0. The van der Waals surface area contributed by atoms with E-state index in [-0.39, 0.29) is 0 Å². The second kappa shape index (κ2) is 3.93. The molecule has 0 amide bonds. The standard InChI is InChI=1S/C13H13NO2/c1-8(2)9-3-4-12-11(7-9)10(13(15)16)5-6-14-12/h3-8H,1-2H3,(H,15,16). The Morgan fingerprint density at radius 3 is 2.69 bits per heavy atom. The fraction of sp³-hybridized carbons (Fsp3) is 0.231. The Balaban J connectivity index is 2.73. The van der Waals surface area contributed by atoms with Crippen molar-refractivity contribution in [3.8, 4) is 0 Å². The molecule has 1 aromatic carbocycles. The second-order valence-electron chi connectivity index (χ2n) is 4.09. The molecule has 0 unspecified atom stereocenters. The summed E-state index contributed by atoms with van der Waals surface area (Å²) in [6.45, 7) is 4.16. The summed E-state index contributed by atoms with van der Waals surface area (Å²) in [4.78, 5) is 15.2. The number of benzene rings is 1. The molecule has 82 valence electrons. The van der Waals surface area contributed by atoms with Crippen molar-refractivity contribution in [3.05, 3.63) is 41.6 Å². The maximum Gasteiger partial charge on any atom is 0.336 e. The first kappa shape index (κ1) is 10.6. The molecule has 0 atom stereocenters. The predicted octanol–water partition coefficient (Wildman–Crippen LogP) is 3.06. The third-order valence-corrected chi connectivity index (χ3v) is 2.66. The Kier molecular flexibility index (Phi) is 2.60. The van der Waals surface area contributed by atoms with Crippen molar-refractivity contribution in [2.45, 2.75) is 19.8 Å². The third-order valence-electron chi connectivity index (χ3n) is 2.66. The number of aromatic carboxylic acids is 1. The second-order valence-corrected chi connectivity index (χ2v) is 4.09. The Morgan fingerprint density at radius 1 is 1.31 bits per heavy atom. The minimum absolute atomic E-state index is 0.313. The number of carbonyl (C=O) groups is 1. The van der Waals surface area contributed by atoms with Crippen LogP contribution in [0.5, 0.6) is 0 Å². The lowest BCUT2D eigenvalue weighted by Crippen LogP contribution is -1.99. The van der Waals surface area contributed by atoms with E-state index in [1.54, 1.807) is 0 Å². The van der Waals surface area contributed by atoms with Crippen LogP contribution >= 0.6 is 0 Å². The van der Waals surface area contributed by atoms with Crippen LogP contribution in [0.4, 0.5) is 0 Å². The van der Waals surface area contributed by atoms with Gasteiger partial charge in [-0.3, -0.25) is 4.98 Å². The SMILES string of the molecule is CC(C)c1ccc2nccc(C(=O)O)c2c1. The molecule has 1 heterocycles. The van der Waals surface area contributed by atoms with E-state index < -0.39 is 5.97 Å².